The second kappa shape index (κ2) is 9.59. The molecule has 8 nitrogen and oxygen atoms in total. The zero-order valence-corrected chi connectivity index (χ0v) is 13.9. The van der Waals surface area contributed by atoms with E-state index in [1.807, 2.05) is 16.7 Å². The van der Waals surface area contributed by atoms with Gasteiger partial charge in [-0.05, 0) is 13.8 Å². The van der Waals surface area contributed by atoms with E-state index in [1.54, 1.807) is 6.92 Å². The second-order valence-corrected chi connectivity index (χ2v) is 6.13. The maximum Gasteiger partial charge on any atom is 0.317 e. The molecule has 1 saturated heterocycles. The summed E-state index contributed by atoms with van der Waals surface area (Å²) < 4.78 is 0. The fraction of sp³-hybridized carbons (Fsp3) is 0.800. The van der Waals surface area contributed by atoms with Gasteiger partial charge in [0.15, 0.2) is 0 Å². The van der Waals surface area contributed by atoms with E-state index in [9.17, 15) is 14.4 Å². The Morgan fingerprint density at radius 3 is 1.61 bits per heavy atom. The number of aliphatic carboxylic acids is 2. The minimum atomic E-state index is -0.891. The summed E-state index contributed by atoms with van der Waals surface area (Å²) in [5.74, 6) is -1.67. The number of hydrogen-bond donors (Lipinski definition) is 2. The van der Waals surface area contributed by atoms with Gasteiger partial charge in [-0.15, -0.1) is 0 Å². The van der Waals surface area contributed by atoms with Crippen molar-refractivity contribution in [2.45, 2.75) is 26.3 Å². The Morgan fingerprint density at radius 1 is 0.870 bits per heavy atom. The predicted molar refractivity (Wildman–Crippen MR) is 84.5 cm³/mol. The van der Waals surface area contributed by atoms with E-state index in [0.717, 1.165) is 0 Å². The van der Waals surface area contributed by atoms with Crippen LogP contribution < -0.4 is 0 Å². The third kappa shape index (κ3) is 8.06. The number of carbonyl (C=O) groups excluding carboxylic acids is 1. The lowest BCUT2D eigenvalue weighted by Gasteiger charge is -2.30. The Bertz CT molecular complexity index is 401. The molecule has 1 aliphatic heterocycles. The van der Waals surface area contributed by atoms with Crippen LogP contribution in [-0.4, -0.2) is 101 Å². The molecule has 1 unspecified atom stereocenters. The topological polar surface area (TPSA) is 101 Å². The van der Waals surface area contributed by atoms with E-state index >= 15 is 0 Å². The molecule has 132 valence electrons. The third-order valence-corrected chi connectivity index (χ3v) is 4.06. The standard InChI is InChI=1S/C15H27N3O5/c1-12(9-13(2)19)18-7-5-16(10-14(20)21)3-4-17(6-8-18)11-15(22)23/h12H,3-11H2,1-2H3,(H,20,21)(H,22,23). The van der Waals surface area contributed by atoms with Crippen LogP contribution in [0.4, 0.5) is 0 Å². The van der Waals surface area contributed by atoms with Crippen molar-refractivity contribution in [2.24, 2.45) is 0 Å². The molecule has 0 saturated carbocycles. The summed E-state index contributed by atoms with van der Waals surface area (Å²) in [5, 5.41) is 18.0. The Labute approximate surface area is 136 Å². The van der Waals surface area contributed by atoms with Crippen molar-refractivity contribution in [3.8, 4) is 0 Å². The molecule has 0 bridgehead atoms. The third-order valence-electron chi connectivity index (χ3n) is 4.06. The van der Waals surface area contributed by atoms with Crippen LogP contribution in [0.3, 0.4) is 0 Å². The van der Waals surface area contributed by atoms with Gasteiger partial charge in [0.2, 0.25) is 0 Å². The molecule has 1 fully saturated rings. The predicted octanol–water partition coefficient (Wildman–Crippen LogP) is -0.557. The van der Waals surface area contributed by atoms with Gasteiger partial charge in [-0.3, -0.25) is 29.1 Å². The normalized spacial score (nSPS) is 20.3. The molecule has 1 rings (SSSR count). The van der Waals surface area contributed by atoms with E-state index in [0.29, 0.717) is 45.7 Å². The Balaban J connectivity index is 2.76. The van der Waals surface area contributed by atoms with E-state index in [2.05, 4.69) is 4.90 Å². The molecular weight excluding hydrogens is 302 g/mol. The first kappa shape index (κ1) is 19.5. The largest absolute Gasteiger partial charge is 0.480 e. The van der Waals surface area contributed by atoms with Crippen molar-refractivity contribution in [3.05, 3.63) is 0 Å². The van der Waals surface area contributed by atoms with Crippen molar-refractivity contribution in [1.82, 2.24) is 14.7 Å². The van der Waals surface area contributed by atoms with Gasteiger partial charge in [0, 0.05) is 51.7 Å². The van der Waals surface area contributed by atoms with Crippen LogP contribution in [0.5, 0.6) is 0 Å². The maximum atomic E-state index is 11.3. The summed E-state index contributed by atoms with van der Waals surface area (Å²) in [6, 6.07) is 0.0592. The molecule has 23 heavy (non-hydrogen) atoms. The molecular formula is C15H27N3O5. The molecule has 0 amide bonds. The molecule has 0 aromatic carbocycles. The zero-order chi connectivity index (χ0) is 17.4. The highest BCUT2D eigenvalue weighted by atomic mass is 16.4. The van der Waals surface area contributed by atoms with Crippen LogP contribution in [0.1, 0.15) is 20.3 Å². The van der Waals surface area contributed by atoms with Crippen LogP contribution in [0.15, 0.2) is 0 Å². The van der Waals surface area contributed by atoms with Gasteiger partial charge < -0.3 is 10.2 Å². The lowest BCUT2D eigenvalue weighted by Crippen LogP contribution is -2.43. The molecule has 0 aliphatic carbocycles. The Morgan fingerprint density at radius 2 is 1.26 bits per heavy atom. The molecule has 1 atom stereocenters. The lowest BCUT2D eigenvalue weighted by atomic mass is 10.1. The summed E-state index contributed by atoms with van der Waals surface area (Å²) in [7, 11) is 0. The number of nitrogens with zero attached hydrogens (tertiary/aromatic N) is 3. The quantitative estimate of drug-likeness (QED) is 0.641. The van der Waals surface area contributed by atoms with E-state index in [1.165, 1.54) is 0 Å². The van der Waals surface area contributed by atoms with E-state index < -0.39 is 11.9 Å². The van der Waals surface area contributed by atoms with Gasteiger partial charge in [0.1, 0.15) is 5.78 Å². The van der Waals surface area contributed by atoms with Crippen LogP contribution in [0.2, 0.25) is 0 Å². The van der Waals surface area contributed by atoms with Crippen molar-refractivity contribution in [1.29, 1.82) is 0 Å². The molecule has 0 spiro atoms. The van der Waals surface area contributed by atoms with Gasteiger partial charge in [0.05, 0.1) is 13.1 Å². The highest BCUT2D eigenvalue weighted by molar-refractivity contribution is 5.76. The highest BCUT2D eigenvalue weighted by Gasteiger charge is 2.22. The summed E-state index contributed by atoms with van der Waals surface area (Å²) in [6.07, 6.45) is 0.442. The summed E-state index contributed by atoms with van der Waals surface area (Å²) in [6.45, 7) is 6.98. The number of carboxylic acids is 2. The van der Waals surface area contributed by atoms with Crippen LogP contribution in [-0.2, 0) is 14.4 Å². The Kier molecular flexibility index (Phi) is 8.15. The molecule has 1 heterocycles. The van der Waals surface area contributed by atoms with Crippen molar-refractivity contribution >= 4 is 17.7 Å². The molecule has 8 heteroatoms. The Hall–Kier alpha value is -1.51. The fourth-order valence-electron chi connectivity index (χ4n) is 2.84. The van der Waals surface area contributed by atoms with Gasteiger partial charge in [0.25, 0.3) is 0 Å². The van der Waals surface area contributed by atoms with Gasteiger partial charge in [-0.25, -0.2) is 0 Å². The number of carboxylic acid groups (broad SMARTS) is 2. The van der Waals surface area contributed by atoms with Crippen LogP contribution >= 0.6 is 0 Å². The first-order chi connectivity index (χ1) is 10.8. The highest BCUT2D eigenvalue weighted by Crippen LogP contribution is 2.08. The zero-order valence-electron chi connectivity index (χ0n) is 13.9. The number of carbonyl (C=O) groups is 3. The average molecular weight is 329 g/mol. The monoisotopic (exact) mass is 329 g/mol. The summed E-state index contributed by atoms with van der Waals surface area (Å²) in [5.41, 5.74) is 0. The first-order valence-corrected chi connectivity index (χ1v) is 7.89. The number of hydrogen-bond acceptors (Lipinski definition) is 6. The number of ketones is 1. The minimum Gasteiger partial charge on any atom is -0.480 e. The number of Topliss-reactive ketones (excluding diaryl/α,β-unsaturated/α-hetero) is 1. The second-order valence-electron chi connectivity index (χ2n) is 6.13. The van der Waals surface area contributed by atoms with E-state index in [4.69, 9.17) is 10.2 Å². The number of rotatable bonds is 7. The van der Waals surface area contributed by atoms with Gasteiger partial charge in [-0.1, -0.05) is 0 Å². The maximum absolute atomic E-state index is 11.3. The smallest absolute Gasteiger partial charge is 0.317 e. The molecule has 0 aromatic heterocycles. The lowest BCUT2D eigenvalue weighted by molar-refractivity contribution is -0.140. The average Bonchev–Trinajstić information content (AvgIpc) is 2.49. The molecule has 0 aromatic rings. The van der Waals surface area contributed by atoms with Crippen molar-refractivity contribution in [2.75, 3.05) is 52.4 Å². The van der Waals surface area contributed by atoms with Crippen molar-refractivity contribution in [3.63, 3.8) is 0 Å². The fourth-order valence-corrected chi connectivity index (χ4v) is 2.84. The first-order valence-electron chi connectivity index (χ1n) is 7.89. The molecule has 2 N–H and O–H groups in total. The van der Waals surface area contributed by atoms with Crippen molar-refractivity contribution < 1.29 is 24.6 Å². The minimum absolute atomic E-state index is 0.0592. The summed E-state index contributed by atoms with van der Waals surface area (Å²) >= 11 is 0. The van der Waals surface area contributed by atoms with Crippen LogP contribution in [0.25, 0.3) is 0 Å². The van der Waals surface area contributed by atoms with Gasteiger partial charge >= 0.3 is 11.9 Å². The van der Waals surface area contributed by atoms with Gasteiger partial charge in [-0.2, -0.15) is 0 Å². The molecule has 1 aliphatic rings. The molecule has 0 radical (unpaired) electrons. The summed E-state index contributed by atoms with van der Waals surface area (Å²) in [4.78, 5) is 39.0. The van der Waals surface area contributed by atoms with E-state index in [-0.39, 0.29) is 24.9 Å². The SMILES string of the molecule is CC(=O)CC(C)N1CCN(CC(=O)O)CCN(CC(=O)O)CC1. The van der Waals surface area contributed by atoms with Crippen LogP contribution in [0, 0.1) is 0 Å².